The Hall–Kier alpha value is -6.46. The highest BCUT2D eigenvalue weighted by atomic mass is 79.9. The molecule has 0 saturated heterocycles. The molecule has 6 aromatic carbocycles. The van der Waals surface area contributed by atoms with Crippen molar-refractivity contribution in [1.29, 1.82) is 0 Å². The number of benzene rings is 6. The van der Waals surface area contributed by atoms with Crippen LogP contribution in [0.4, 0.5) is 28.4 Å². The molecule has 11 heteroatoms. The Balaban J connectivity index is 0.000000176. The van der Waals surface area contributed by atoms with Crippen LogP contribution in [0.25, 0.3) is 22.3 Å². The molecule has 1 heterocycles. The molecule has 0 unspecified atom stereocenters. The largest absolute Gasteiger partial charge is 0.325 e. The molecular formula is C40H29BrN4O6. The minimum Gasteiger partial charge on any atom is -0.325 e. The Morgan fingerprint density at radius 3 is 1.76 bits per heavy atom. The van der Waals surface area contributed by atoms with E-state index in [0.717, 1.165) is 21.3 Å². The van der Waals surface area contributed by atoms with Crippen LogP contribution in [0.1, 0.15) is 11.1 Å². The lowest BCUT2D eigenvalue weighted by Gasteiger charge is -2.21. The number of hydrogen-bond acceptors (Lipinski definition) is 6. The van der Waals surface area contributed by atoms with Crippen LogP contribution in [-0.2, 0) is 22.4 Å². The van der Waals surface area contributed by atoms with Gasteiger partial charge in [0.05, 0.1) is 45.2 Å². The van der Waals surface area contributed by atoms with E-state index in [1.807, 2.05) is 72.8 Å². The number of halogens is 1. The van der Waals surface area contributed by atoms with Crippen molar-refractivity contribution in [2.75, 3.05) is 10.2 Å². The lowest BCUT2D eigenvalue weighted by atomic mass is 10.0. The number of rotatable bonds is 8. The van der Waals surface area contributed by atoms with Crippen LogP contribution >= 0.6 is 15.9 Å². The molecule has 0 aliphatic carbocycles. The third-order valence-corrected chi connectivity index (χ3v) is 9.03. The van der Waals surface area contributed by atoms with Gasteiger partial charge in [0.2, 0.25) is 11.8 Å². The molecule has 0 spiro atoms. The van der Waals surface area contributed by atoms with Crippen molar-refractivity contribution in [1.82, 2.24) is 0 Å². The predicted octanol–water partition coefficient (Wildman–Crippen LogP) is 9.69. The Labute approximate surface area is 301 Å². The van der Waals surface area contributed by atoms with Crippen LogP contribution in [0.15, 0.2) is 150 Å². The average Bonchev–Trinajstić information content (AvgIpc) is 3.48. The third-order valence-electron chi connectivity index (χ3n) is 8.26. The summed E-state index contributed by atoms with van der Waals surface area (Å²) in [6.45, 7) is 0. The second kappa shape index (κ2) is 15.4. The summed E-state index contributed by atoms with van der Waals surface area (Å²) < 4.78 is 0.863. The van der Waals surface area contributed by atoms with E-state index in [9.17, 15) is 29.8 Å². The lowest BCUT2D eigenvalue weighted by molar-refractivity contribution is -0.384. The molecule has 2 amide bonds. The van der Waals surface area contributed by atoms with Crippen molar-refractivity contribution in [3.8, 4) is 22.3 Å². The number of hydrogen-bond donors (Lipinski definition) is 1. The molecule has 0 bridgehead atoms. The first-order valence-electron chi connectivity index (χ1n) is 15.8. The molecule has 252 valence electrons. The zero-order valence-corrected chi connectivity index (χ0v) is 28.5. The summed E-state index contributed by atoms with van der Waals surface area (Å²) in [6.07, 6.45) is 0.536. The first-order chi connectivity index (χ1) is 24.7. The molecule has 0 atom stereocenters. The molecule has 1 N–H and O–H groups in total. The maximum absolute atomic E-state index is 12.6. The fraction of sp³-hybridized carbons (Fsp3) is 0.0500. The number of para-hydroxylation sites is 5. The van der Waals surface area contributed by atoms with Gasteiger partial charge in [0.1, 0.15) is 0 Å². The molecule has 1 aliphatic rings. The SMILES string of the molecule is O=C(Cc1ccccc1Br)Nc1ccccc1-c1ccccc1[N+](=O)[O-].O=C1Cc2ccccc2N1c1ccccc1-c1ccccc1[N+](=O)[O-]. The molecule has 0 aromatic heterocycles. The van der Waals surface area contributed by atoms with E-state index in [4.69, 9.17) is 0 Å². The minimum atomic E-state index is -0.422. The van der Waals surface area contributed by atoms with Gasteiger partial charge in [0, 0.05) is 33.4 Å². The highest BCUT2D eigenvalue weighted by Crippen LogP contribution is 2.42. The zero-order valence-electron chi connectivity index (χ0n) is 26.9. The Kier molecular flexibility index (Phi) is 10.4. The summed E-state index contributed by atoms with van der Waals surface area (Å²) in [7, 11) is 0. The molecule has 7 rings (SSSR count). The van der Waals surface area contributed by atoms with Gasteiger partial charge in [-0.3, -0.25) is 34.7 Å². The quantitative estimate of drug-likeness (QED) is 0.122. The summed E-state index contributed by atoms with van der Waals surface area (Å²) in [6, 6.07) is 42.6. The molecule has 0 radical (unpaired) electrons. The molecular weight excluding hydrogens is 712 g/mol. The Morgan fingerprint density at radius 1 is 0.627 bits per heavy atom. The molecule has 10 nitrogen and oxygen atoms in total. The van der Waals surface area contributed by atoms with Crippen LogP contribution in [0.5, 0.6) is 0 Å². The van der Waals surface area contributed by atoms with Gasteiger partial charge in [-0.2, -0.15) is 0 Å². The van der Waals surface area contributed by atoms with Gasteiger partial charge in [-0.1, -0.05) is 113 Å². The molecule has 0 saturated carbocycles. The van der Waals surface area contributed by atoms with E-state index < -0.39 is 9.85 Å². The van der Waals surface area contributed by atoms with Crippen LogP contribution in [0, 0.1) is 20.2 Å². The van der Waals surface area contributed by atoms with Gasteiger partial charge in [-0.15, -0.1) is 0 Å². The van der Waals surface area contributed by atoms with E-state index in [1.165, 1.54) is 12.1 Å². The number of carbonyl (C=O) groups excluding carboxylic acids is 2. The molecule has 1 aliphatic heterocycles. The van der Waals surface area contributed by atoms with E-state index >= 15 is 0 Å². The molecule has 6 aromatic rings. The number of nitrogens with zero attached hydrogens (tertiary/aromatic N) is 3. The number of anilines is 3. The van der Waals surface area contributed by atoms with Crippen molar-refractivity contribution in [3.05, 3.63) is 181 Å². The molecule has 0 fully saturated rings. The number of amides is 2. The first-order valence-corrected chi connectivity index (χ1v) is 16.6. The second-order valence-corrected chi connectivity index (χ2v) is 12.3. The van der Waals surface area contributed by atoms with Crippen LogP contribution in [0.3, 0.4) is 0 Å². The number of fused-ring (bicyclic) bond motifs is 1. The van der Waals surface area contributed by atoms with Gasteiger partial charge in [0.25, 0.3) is 11.4 Å². The Morgan fingerprint density at radius 2 is 1.12 bits per heavy atom. The topological polar surface area (TPSA) is 136 Å². The number of nitrogens with one attached hydrogen (secondary N) is 1. The van der Waals surface area contributed by atoms with E-state index in [2.05, 4.69) is 21.2 Å². The van der Waals surface area contributed by atoms with E-state index in [-0.39, 0.29) is 29.6 Å². The van der Waals surface area contributed by atoms with Gasteiger partial charge in [-0.25, -0.2) is 0 Å². The van der Waals surface area contributed by atoms with E-state index in [0.29, 0.717) is 40.0 Å². The van der Waals surface area contributed by atoms with Crippen LogP contribution < -0.4 is 10.2 Å². The Bertz CT molecular complexity index is 2290. The number of nitro benzene ring substituents is 2. The smallest absolute Gasteiger partial charge is 0.277 e. The zero-order chi connectivity index (χ0) is 35.9. The van der Waals surface area contributed by atoms with Gasteiger partial charge in [-0.05, 0) is 47.5 Å². The first kappa shape index (κ1) is 34.4. The van der Waals surface area contributed by atoms with Crippen molar-refractivity contribution in [3.63, 3.8) is 0 Å². The second-order valence-electron chi connectivity index (χ2n) is 11.5. The third kappa shape index (κ3) is 7.58. The normalized spacial score (nSPS) is 11.6. The lowest BCUT2D eigenvalue weighted by Crippen LogP contribution is -2.21. The van der Waals surface area contributed by atoms with Gasteiger partial charge >= 0.3 is 0 Å². The molecule has 51 heavy (non-hydrogen) atoms. The maximum Gasteiger partial charge on any atom is 0.277 e. The fourth-order valence-corrected chi connectivity index (χ4v) is 6.40. The van der Waals surface area contributed by atoms with Crippen molar-refractivity contribution >= 4 is 56.2 Å². The summed E-state index contributed by atoms with van der Waals surface area (Å²) in [4.78, 5) is 48.7. The van der Waals surface area contributed by atoms with Crippen molar-refractivity contribution < 1.29 is 19.4 Å². The maximum atomic E-state index is 12.6. The highest BCUT2D eigenvalue weighted by molar-refractivity contribution is 9.10. The summed E-state index contributed by atoms with van der Waals surface area (Å²) >= 11 is 3.43. The van der Waals surface area contributed by atoms with Crippen molar-refractivity contribution in [2.24, 2.45) is 0 Å². The fourth-order valence-electron chi connectivity index (χ4n) is 5.97. The number of nitro groups is 2. The van der Waals surface area contributed by atoms with Crippen LogP contribution in [-0.4, -0.2) is 21.7 Å². The summed E-state index contributed by atoms with van der Waals surface area (Å²) in [5.74, 6) is -0.227. The van der Waals surface area contributed by atoms with E-state index in [1.54, 1.807) is 65.6 Å². The number of carbonyl (C=O) groups is 2. The van der Waals surface area contributed by atoms with Crippen LogP contribution in [0.2, 0.25) is 0 Å². The standard InChI is InChI=1S/C20H15BrN2O3.C20H14N2O3/c21-17-10-4-1-7-14(17)13-20(24)22-18-11-5-2-8-15(18)16-9-3-6-12-19(16)23(25)26;23-20-13-14-7-1-4-10-17(14)21(20)18-11-5-2-8-15(18)16-9-3-6-12-19(16)22(24)25/h1-12H,13H2,(H,22,24);1-12H,13H2. The summed E-state index contributed by atoms with van der Waals surface area (Å²) in [5.41, 5.74) is 6.13. The van der Waals surface area contributed by atoms with Gasteiger partial charge < -0.3 is 5.32 Å². The monoisotopic (exact) mass is 740 g/mol. The highest BCUT2D eigenvalue weighted by Gasteiger charge is 2.31. The minimum absolute atomic E-state index is 0.00000259. The van der Waals surface area contributed by atoms with Crippen molar-refractivity contribution in [2.45, 2.75) is 12.8 Å². The summed E-state index contributed by atoms with van der Waals surface area (Å²) in [5, 5.41) is 25.6. The van der Waals surface area contributed by atoms with Gasteiger partial charge in [0.15, 0.2) is 0 Å². The predicted molar refractivity (Wildman–Crippen MR) is 201 cm³/mol. The average molecular weight is 742 g/mol.